The van der Waals surface area contributed by atoms with E-state index in [0.29, 0.717) is 32.6 Å². The Balaban J connectivity index is 4.34. The molecule has 0 unspecified atom stereocenters. The van der Waals surface area contributed by atoms with E-state index < -0.39 is 0 Å². The SMILES string of the molecule is CCCCCCCCCCN(CCCCCCCCCC)CCCC(=O)OCCCCN(CCO)CCCCOC(=O)CCCN(CCCCCCCCCC)CCCCCCCCCC. The van der Waals surface area contributed by atoms with Gasteiger partial charge in [-0.2, -0.15) is 0 Å². The van der Waals surface area contributed by atoms with Crippen molar-refractivity contribution in [3.8, 4) is 0 Å². The molecule has 1 N–H and O–H groups in total. The number of nitrogens with zero attached hydrogens (tertiary/aromatic N) is 3. The number of esters is 2. The van der Waals surface area contributed by atoms with Crippen molar-refractivity contribution in [2.24, 2.45) is 0 Å². The van der Waals surface area contributed by atoms with Gasteiger partial charge in [-0.25, -0.2) is 0 Å². The molecule has 0 amide bonds. The summed E-state index contributed by atoms with van der Waals surface area (Å²) in [7, 11) is 0. The van der Waals surface area contributed by atoms with Crippen LogP contribution in [0.4, 0.5) is 0 Å². The van der Waals surface area contributed by atoms with Crippen LogP contribution in [0.25, 0.3) is 0 Å². The number of hydrogen-bond acceptors (Lipinski definition) is 8. The first-order chi connectivity index (χ1) is 32.5. The van der Waals surface area contributed by atoms with Gasteiger partial charge < -0.3 is 29.3 Å². The van der Waals surface area contributed by atoms with Gasteiger partial charge in [-0.05, 0) is 117 Å². The molecule has 0 heterocycles. The van der Waals surface area contributed by atoms with Crippen LogP contribution in [-0.2, 0) is 19.1 Å². The predicted molar refractivity (Wildman–Crippen MR) is 286 cm³/mol. The normalized spacial score (nSPS) is 11.8. The molecule has 0 rings (SSSR count). The van der Waals surface area contributed by atoms with Crippen LogP contribution in [0.3, 0.4) is 0 Å². The van der Waals surface area contributed by atoms with Crippen molar-refractivity contribution in [1.82, 2.24) is 14.7 Å². The van der Waals surface area contributed by atoms with E-state index in [0.717, 1.165) is 90.9 Å². The smallest absolute Gasteiger partial charge is 0.305 e. The quantitative estimate of drug-likeness (QED) is 0.0477. The second-order valence-corrected chi connectivity index (χ2v) is 20.2. The van der Waals surface area contributed by atoms with Gasteiger partial charge in [0.15, 0.2) is 0 Å². The van der Waals surface area contributed by atoms with Crippen LogP contribution in [0, 0.1) is 0 Å². The molecule has 0 aliphatic rings. The van der Waals surface area contributed by atoms with Crippen LogP contribution >= 0.6 is 0 Å². The van der Waals surface area contributed by atoms with Gasteiger partial charge in [0, 0.05) is 19.4 Å². The minimum atomic E-state index is -0.0641. The molecule has 0 bridgehead atoms. The monoisotopic (exact) mass is 936 g/mol. The van der Waals surface area contributed by atoms with Gasteiger partial charge in [0.25, 0.3) is 0 Å². The topological polar surface area (TPSA) is 82.5 Å². The lowest BCUT2D eigenvalue weighted by Gasteiger charge is -2.22. The number of carbonyl (C=O) groups is 2. The molecule has 8 heteroatoms. The molecule has 394 valence electrons. The zero-order valence-electron chi connectivity index (χ0n) is 45.2. The number of unbranched alkanes of at least 4 members (excludes halogenated alkanes) is 30. The van der Waals surface area contributed by atoms with Crippen molar-refractivity contribution in [3.05, 3.63) is 0 Å². The molecule has 0 aliphatic carbocycles. The highest BCUT2D eigenvalue weighted by molar-refractivity contribution is 5.69. The molecule has 0 atom stereocenters. The van der Waals surface area contributed by atoms with E-state index >= 15 is 0 Å². The van der Waals surface area contributed by atoms with Crippen molar-refractivity contribution >= 4 is 11.9 Å². The molecule has 8 nitrogen and oxygen atoms in total. The largest absolute Gasteiger partial charge is 0.466 e. The van der Waals surface area contributed by atoms with Crippen molar-refractivity contribution in [1.29, 1.82) is 0 Å². The lowest BCUT2D eigenvalue weighted by atomic mass is 10.1. The third-order valence-electron chi connectivity index (χ3n) is 13.7. The summed E-state index contributed by atoms with van der Waals surface area (Å²) >= 11 is 0. The van der Waals surface area contributed by atoms with Crippen LogP contribution in [-0.4, -0.2) is 110 Å². The van der Waals surface area contributed by atoms with E-state index in [4.69, 9.17) is 9.47 Å². The molecule has 0 fully saturated rings. The van der Waals surface area contributed by atoms with Crippen molar-refractivity contribution in [2.75, 3.05) is 78.7 Å². The van der Waals surface area contributed by atoms with E-state index in [1.165, 1.54) is 205 Å². The molecule has 0 spiro atoms. The Morgan fingerprint density at radius 3 is 0.758 bits per heavy atom. The molecule has 66 heavy (non-hydrogen) atoms. The fraction of sp³-hybridized carbons (Fsp3) is 0.966. The second kappa shape index (κ2) is 54.7. The Kier molecular flexibility index (Phi) is 53.7. The average Bonchev–Trinajstić information content (AvgIpc) is 3.31. The first-order valence-electron chi connectivity index (χ1n) is 29.6. The Morgan fingerprint density at radius 2 is 0.500 bits per heavy atom. The van der Waals surface area contributed by atoms with Crippen LogP contribution < -0.4 is 0 Å². The Hall–Kier alpha value is -1.22. The maximum atomic E-state index is 12.6. The molecule has 0 aliphatic heterocycles. The summed E-state index contributed by atoms with van der Waals surface area (Å²) in [6, 6.07) is 0. The predicted octanol–water partition coefficient (Wildman–Crippen LogP) is 15.7. The number of aliphatic hydroxyl groups is 1. The molecule has 0 aromatic carbocycles. The maximum Gasteiger partial charge on any atom is 0.305 e. The van der Waals surface area contributed by atoms with Gasteiger partial charge in [0.2, 0.25) is 0 Å². The lowest BCUT2D eigenvalue weighted by molar-refractivity contribution is -0.144. The molecule has 0 radical (unpaired) electrons. The minimum absolute atomic E-state index is 0.0641. The van der Waals surface area contributed by atoms with Crippen molar-refractivity contribution < 1.29 is 24.2 Å². The summed E-state index contributed by atoms with van der Waals surface area (Å²) in [4.78, 5) is 32.8. The molecular weight excluding hydrogens is 819 g/mol. The van der Waals surface area contributed by atoms with Gasteiger partial charge in [0.1, 0.15) is 0 Å². The van der Waals surface area contributed by atoms with E-state index in [9.17, 15) is 14.7 Å². The van der Waals surface area contributed by atoms with Gasteiger partial charge in [-0.15, -0.1) is 0 Å². The highest BCUT2D eigenvalue weighted by atomic mass is 16.5. The van der Waals surface area contributed by atoms with Crippen molar-refractivity contribution in [3.63, 3.8) is 0 Å². The zero-order chi connectivity index (χ0) is 48.1. The van der Waals surface area contributed by atoms with E-state index in [2.05, 4.69) is 42.4 Å². The number of rotatable bonds is 56. The summed E-state index contributed by atoms with van der Waals surface area (Å²) in [6.07, 6.45) is 49.5. The van der Waals surface area contributed by atoms with E-state index in [1.54, 1.807) is 0 Å². The van der Waals surface area contributed by atoms with Crippen LogP contribution in [0.1, 0.15) is 285 Å². The van der Waals surface area contributed by atoms with Gasteiger partial charge in [0.05, 0.1) is 19.8 Å². The first kappa shape index (κ1) is 64.8. The standard InChI is InChI=1S/C58H117N3O5/c1-5-9-13-17-21-25-29-33-45-59(46-34-30-26-22-18-14-10-6-2)51-41-43-57(63)65-55-39-37-49-61(53-54-62)50-38-40-56-66-58(64)44-42-52-60(47-35-31-27-23-19-15-11-7-3)48-36-32-28-24-20-16-12-8-4/h62H,5-56H2,1-4H3. The molecule has 0 aromatic rings. The fourth-order valence-corrected chi connectivity index (χ4v) is 9.31. The fourth-order valence-electron chi connectivity index (χ4n) is 9.31. The first-order valence-corrected chi connectivity index (χ1v) is 29.6. The number of ether oxygens (including phenoxy) is 2. The third kappa shape index (κ3) is 49.2. The zero-order valence-corrected chi connectivity index (χ0v) is 45.2. The second-order valence-electron chi connectivity index (χ2n) is 20.2. The van der Waals surface area contributed by atoms with Gasteiger partial charge >= 0.3 is 11.9 Å². The Bertz CT molecular complexity index is 857. The Labute approximate surface area is 412 Å². The highest BCUT2D eigenvalue weighted by Gasteiger charge is 2.11. The lowest BCUT2D eigenvalue weighted by Crippen LogP contribution is -2.29. The summed E-state index contributed by atoms with van der Waals surface area (Å²) in [5.41, 5.74) is 0. The average molecular weight is 937 g/mol. The number of aliphatic hydroxyl groups excluding tert-OH is 1. The molecule has 0 saturated heterocycles. The highest BCUT2D eigenvalue weighted by Crippen LogP contribution is 2.15. The van der Waals surface area contributed by atoms with Gasteiger partial charge in [-0.3, -0.25) is 9.59 Å². The number of carbonyl (C=O) groups excluding carboxylic acids is 2. The van der Waals surface area contributed by atoms with Crippen LogP contribution in [0.5, 0.6) is 0 Å². The third-order valence-corrected chi connectivity index (χ3v) is 13.7. The van der Waals surface area contributed by atoms with Crippen molar-refractivity contribution in [2.45, 2.75) is 285 Å². The molecular formula is C58H117N3O5. The van der Waals surface area contributed by atoms with Crippen LogP contribution in [0.2, 0.25) is 0 Å². The van der Waals surface area contributed by atoms with Gasteiger partial charge in [-0.1, -0.05) is 207 Å². The van der Waals surface area contributed by atoms with E-state index in [-0.39, 0.29) is 18.5 Å². The summed E-state index contributed by atoms with van der Waals surface area (Å²) in [6.45, 7) is 19.2. The van der Waals surface area contributed by atoms with E-state index in [1.807, 2.05) is 0 Å². The summed E-state index contributed by atoms with van der Waals surface area (Å²) in [5, 5.41) is 9.67. The minimum Gasteiger partial charge on any atom is -0.466 e. The summed E-state index contributed by atoms with van der Waals surface area (Å²) in [5.74, 6) is -0.128. The molecule has 0 aromatic heterocycles. The summed E-state index contributed by atoms with van der Waals surface area (Å²) < 4.78 is 11.3. The Morgan fingerprint density at radius 1 is 0.288 bits per heavy atom. The molecule has 0 saturated carbocycles. The number of hydrogen-bond donors (Lipinski definition) is 1. The maximum absolute atomic E-state index is 12.6. The van der Waals surface area contributed by atoms with Crippen LogP contribution in [0.15, 0.2) is 0 Å².